The van der Waals surface area contributed by atoms with Crippen LogP contribution in [0.2, 0.25) is 5.02 Å². The SMILES string of the molecule is O=S(=O)(c1cccc(Cl)c1)N1CCN(CCn2cccn2)CC1. The summed E-state index contributed by atoms with van der Waals surface area (Å²) in [4.78, 5) is 2.51. The van der Waals surface area contributed by atoms with Crippen molar-refractivity contribution in [3.05, 3.63) is 47.7 Å². The molecule has 0 radical (unpaired) electrons. The van der Waals surface area contributed by atoms with Gasteiger partial charge in [0.15, 0.2) is 0 Å². The predicted molar refractivity (Wildman–Crippen MR) is 88.9 cm³/mol. The highest BCUT2D eigenvalue weighted by molar-refractivity contribution is 7.89. The maximum atomic E-state index is 12.6. The molecule has 124 valence electrons. The average Bonchev–Trinajstić information content (AvgIpc) is 3.07. The molecule has 8 heteroatoms. The minimum Gasteiger partial charge on any atom is -0.299 e. The first-order valence-electron chi connectivity index (χ1n) is 7.51. The van der Waals surface area contributed by atoms with Crippen LogP contribution in [0.3, 0.4) is 0 Å². The zero-order valence-electron chi connectivity index (χ0n) is 12.7. The predicted octanol–water partition coefficient (Wildman–Crippen LogP) is 1.54. The Kier molecular flexibility index (Phi) is 5.01. The average molecular weight is 355 g/mol. The number of benzene rings is 1. The van der Waals surface area contributed by atoms with Crippen LogP contribution in [0.15, 0.2) is 47.6 Å². The van der Waals surface area contributed by atoms with Gasteiger partial charge < -0.3 is 0 Å². The second-order valence-electron chi connectivity index (χ2n) is 5.47. The lowest BCUT2D eigenvalue weighted by Crippen LogP contribution is -2.49. The molecule has 0 bridgehead atoms. The van der Waals surface area contributed by atoms with Gasteiger partial charge >= 0.3 is 0 Å². The van der Waals surface area contributed by atoms with E-state index in [-0.39, 0.29) is 4.90 Å². The maximum Gasteiger partial charge on any atom is 0.243 e. The van der Waals surface area contributed by atoms with E-state index in [1.807, 2.05) is 16.9 Å². The molecule has 1 aromatic carbocycles. The third kappa shape index (κ3) is 3.92. The van der Waals surface area contributed by atoms with Crippen LogP contribution in [-0.2, 0) is 16.6 Å². The van der Waals surface area contributed by atoms with Crippen molar-refractivity contribution in [3.63, 3.8) is 0 Å². The van der Waals surface area contributed by atoms with Crippen LogP contribution in [-0.4, -0.2) is 60.1 Å². The van der Waals surface area contributed by atoms with Gasteiger partial charge in [-0.05, 0) is 24.3 Å². The fourth-order valence-electron chi connectivity index (χ4n) is 2.65. The van der Waals surface area contributed by atoms with Gasteiger partial charge in [0.1, 0.15) is 0 Å². The van der Waals surface area contributed by atoms with Crippen molar-refractivity contribution in [2.45, 2.75) is 11.4 Å². The van der Waals surface area contributed by atoms with Crippen molar-refractivity contribution in [3.8, 4) is 0 Å². The van der Waals surface area contributed by atoms with Crippen LogP contribution < -0.4 is 0 Å². The van der Waals surface area contributed by atoms with E-state index in [1.54, 1.807) is 24.4 Å². The topological polar surface area (TPSA) is 58.4 Å². The first kappa shape index (κ1) is 16.4. The van der Waals surface area contributed by atoms with E-state index < -0.39 is 10.0 Å². The van der Waals surface area contributed by atoms with Crippen molar-refractivity contribution < 1.29 is 8.42 Å². The summed E-state index contributed by atoms with van der Waals surface area (Å²) in [5, 5.41) is 4.61. The molecule has 1 aromatic heterocycles. The minimum absolute atomic E-state index is 0.259. The molecular weight excluding hydrogens is 336 g/mol. The zero-order valence-corrected chi connectivity index (χ0v) is 14.2. The molecule has 1 fully saturated rings. The molecule has 0 amide bonds. The van der Waals surface area contributed by atoms with Crippen LogP contribution in [0.25, 0.3) is 0 Å². The van der Waals surface area contributed by atoms with Crippen LogP contribution in [0.5, 0.6) is 0 Å². The lowest BCUT2D eigenvalue weighted by molar-refractivity contribution is 0.181. The van der Waals surface area contributed by atoms with E-state index in [2.05, 4.69) is 10.00 Å². The molecule has 0 aliphatic carbocycles. The van der Waals surface area contributed by atoms with Crippen LogP contribution in [0.4, 0.5) is 0 Å². The number of sulfonamides is 1. The Morgan fingerprint density at radius 3 is 2.52 bits per heavy atom. The van der Waals surface area contributed by atoms with E-state index in [9.17, 15) is 8.42 Å². The Balaban J connectivity index is 1.57. The summed E-state index contributed by atoms with van der Waals surface area (Å²) in [6, 6.07) is 8.32. The molecule has 0 N–H and O–H groups in total. The van der Waals surface area contributed by atoms with Gasteiger partial charge in [-0.1, -0.05) is 17.7 Å². The maximum absolute atomic E-state index is 12.6. The molecule has 23 heavy (non-hydrogen) atoms. The van der Waals surface area contributed by atoms with Gasteiger partial charge in [0.25, 0.3) is 0 Å². The largest absolute Gasteiger partial charge is 0.299 e. The monoisotopic (exact) mass is 354 g/mol. The number of piperazine rings is 1. The molecule has 0 atom stereocenters. The Hall–Kier alpha value is -1.41. The summed E-state index contributed by atoms with van der Waals surface area (Å²) < 4.78 is 28.7. The molecule has 1 aliphatic heterocycles. The standard InChI is InChI=1S/C15H19ClN4O2S/c16-14-3-1-4-15(13-14)23(21,22)20-11-8-18(9-12-20)7-10-19-6-2-5-17-19/h1-6,13H,7-12H2. The van der Waals surface area contributed by atoms with E-state index in [1.165, 1.54) is 10.4 Å². The molecule has 3 rings (SSSR count). The molecule has 0 spiro atoms. The third-order valence-electron chi connectivity index (χ3n) is 3.97. The number of halogens is 1. The molecule has 2 aromatic rings. The van der Waals surface area contributed by atoms with Gasteiger partial charge in [-0.15, -0.1) is 0 Å². The Bertz CT molecular complexity index is 741. The molecule has 1 saturated heterocycles. The summed E-state index contributed by atoms with van der Waals surface area (Å²) in [7, 11) is -3.46. The Morgan fingerprint density at radius 1 is 1.09 bits per heavy atom. The summed E-state index contributed by atoms with van der Waals surface area (Å²) in [6.07, 6.45) is 3.69. The second kappa shape index (κ2) is 7.00. The summed E-state index contributed by atoms with van der Waals surface area (Å²) in [6.45, 7) is 4.12. The Morgan fingerprint density at radius 2 is 1.87 bits per heavy atom. The van der Waals surface area contributed by atoms with E-state index in [0.29, 0.717) is 18.1 Å². The first-order valence-corrected chi connectivity index (χ1v) is 9.33. The highest BCUT2D eigenvalue weighted by Gasteiger charge is 2.28. The van der Waals surface area contributed by atoms with Gasteiger partial charge in [0.05, 0.1) is 11.4 Å². The molecular formula is C15H19ClN4O2S. The van der Waals surface area contributed by atoms with E-state index >= 15 is 0 Å². The molecule has 6 nitrogen and oxygen atoms in total. The molecule has 1 aliphatic rings. The van der Waals surface area contributed by atoms with E-state index in [0.717, 1.165) is 26.2 Å². The number of aromatic nitrogens is 2. The Labute approximate surface area is 141 Å². The third-order valence-corrected chi connectivity index (χ3v) is 6.10. The highest BCUT2D eigenvalue weighted by atomic mass is 35.5. The normalized spacial score (nSPS) is 17.4. The molecule has 0 unspecified atom stereocenters. The fraction of sp³-hybridized carbons (Fsp3) is 0.400. The number of nitrogens with zero attached hydrogens (tertiary/aromatic N) is 4. The zero-order chi connectivity index (χ0) is 16.3. The van der Waals surface area contributed by atoms with Gasteiger partial charge in [-0.2, -0.15) is 9.40 Å². The van der Waals surface area contributed by atoms with Gasteiger partial charge in [0.2, 0.25) is 10.0 Å². The van der Waals surface area contributed by atoms with Crippen LogP contribution >= 0.6 is 11.6 Å². The lowest BCUT2D eigenvalue weighted by Gasteiger charge is -2.33. The van der Waals surface area contributed by atoms with Crippen molar-refractivity contribution in [1.29, 1.82) is 0 Å². The summed E-state index contributed by atoms with van der Waals surface area (Å²) in [5.74, 6) is 0. The lowest BCUT2D eigenvalue weighted by atomic mass is 10.3. The molecule has 0 saturated carbocycles. The van der Waals surface area contributed by atoms with Crippen LogP contribution in [0, 0.1) is 0 Å². The van der Waals surface area contributed by atoms with Crippen molar-refractivity contribution in [1.82, 2.24) is 19.0 Å². The quantitative estimate of drug-likeness (QED) is 0.817. The van der Waals surface area contributed by atoms with Crippen molar-refractivity contribution >= 4 is 21.6 Å². The summed E-state index contributed by atoms with van der Waals surface area (Å²) >= 11 is 5.90. The number of rotatable bonds is 5. The highest BCUT2D eigenvalue weighted by Crippen LogP contribution is 2.20. The molecule has 2 heterocycles. The smallest absolute Gasteiger partial charge is 0.243 e. The number of hydrogen-bond acceptors (Lipinski definition) is 4. The van der Waals surface area contributed by atoms with Gasteiger partial charge in [-0.25, -0.2) is 8.42 Å². The first-order chi connectivity index (χ1) is 11.1. The fourth-order valence-corrected chi connectivity index (χ4v) is 4.37. The van der Waals surface area contributed by atoms with Crippen LogP contribution in [0.1, 0.15) is 0 Å². The second-order valence-corrected chi connectivity index (χ2v) is 7.85. The van der Waals surface area contributed by atoms with Crippen molar-refractivity contribution in [2.24, 2.45) is 0 Å². The van der Waals surface area contributed by atoms with Gasteiger partial charge in [0, 0.05) is 50.1 Å². The van der Waals surface area contributed by atoms with Crippen molar-refractivity contribution in [2.75, 3.05) is 32.7 Å². The summed E-state index contributed by atoms with van der Waals surface area (Å²) in [5.41, 5.74) is 0. The van der Waals surface area contributed by atoms with Gasteiger partial charge in [-0.3, -0.25) is 9.58 Å². The van der Waals surface area contributed by atoms with E-state index in [4.69, 9.17) is 11.6 Å². The number of hydrogen-bond donors (Lipinski definition) is 0. The minimum atomic E-state index is -3.46.